The first-order valence-electron chi connectivity index (χ1n) is 7.14. The first-order chi connectivity index (χ1) is 9.58. The predicted octanol–water partition coefficient (Wildman–Crippen LogP) is 5.96. The zero-order valence-corrected chi connectivity index (χ0v) is 15.1. The number of rotatable bonds is 8. The minimum absolute atomic E-state index is 0.0492. The number of benzene rings is 1. The molecule has 2 nitrogen and oxygen atoms in total. The summed E-state index contributed by atoms with van der Waals surface area (Å²) in [6, 6.07) is 3.91. The number of halogens is 2. The van der Waals surface area contributed by atoms with Gasteiger partial charge in [-0.1, -0.05) is 26.7 Å². The maximum atomic E-state index is 6.74. The minimum atomic E-state index is -0.0492. The summed E-state index contributed by atoms with van der Waals surface area (Å²) in [5.74, 6) is 2.07. The summed E-state index contributed by atoms with van der Waals surface area (Å²) in [7, 11) is 3.34. The molecule has 1 atom stereocenters. The van der Waals surface area contributed by atoms with Crippen LogP contribution in [0, 0.1) is 5.92 Å². The summed E-state index contributed by atoms with van der Waals surface area (Å²) in [5, 5.41) is -0.0492. The maximum absolute atomic E-state index is 6.74. The molecule has 1 rings (SSSR count). The van der Waals surface area contributed by atoms with Crippen molar-refractivity contribution in [2.75, 3.05) is 14.2 Å². The number of hydrogen-bond acceptors (Lipinski definition) is 2. The topological polar surface area (TPSA) is 18.5 Å². The van der Waals surface area contributed by atoms with Crippen LogP contribution in [0.5, 0.6) is 11.5 Å². The number of methoxy groups -OCH3 is 2. The SMILES string of the molecule is CCCC(CCC)C(Cl)c1cc(OC)c(Br)cc1OC. The van der Waals surface area contributed by atoms with Crippen molar-refractivity contribution in [3.05, 3.63) is 22.2 Å². The van der Waals surface area contributed by atoms with Crippen LogP contribution in [-0.4, -0.2) is 14.2 Å². The van der Waals surface area contributed by atoms with Gasteiger partial charge in [0.1, 0.15) is 11.5 Å². The lowest BCUT2D eigenvalue weighted by Gasteiger charge is -2.24. The lowest BCUT2D eigenvalue weighted by atomic mass is 9.90. The van der Waals surface area contributed by atoms with Gasteiger partial charge in [0.2, 0.25) is 0 Å². The van der Waals surface area contributed by atoms with Crippen LogP contribution in [0.2, 0.25) is 0 Å². The first-order valence-corrected chi connectivity index (χ1v) is 8.37. The van der Waals surface area contributed by atoms with E-state index in [1.807, 2.05) is 12.1 Å². The third-order valence-corrected chi connectivity index (χ3v) is 4.75. The summed E-state index contributed by atoms with van der Waals surface area (Å²) in [4.78, 5) is 0. The average molecular weight is 364 g/mol. The lowest BCUT2D eigenvalue weighted by Crippen LogP contribution is -2.09. The van der Waals surface area contributed by atoms with Gasteiger partial charge in [-0.05, 0) is 46.8 Å². The highest BCUT2D eigenvalue weighted by atomic mass is 79.9. The molecule has 0 bridgehead atoms. The van der Waals surface area contributed by atoms with E-state index in [9.17, 15) is 0 Å². The molecule has 0 radical (unpaired) electrons. The molecule has 0 fully saturated rings. The van der Waals surface area contributed by atoms with Crippen molar-refractivity contribution in [2.24, 2.45) is 5.92 Å². The summed E-state index contributed by atoms with van der Waals surface area (Å²) in [6.07, 6.45) is 4.54. The van der Waals surface area contributed by atoms with Crippen molar-refractivity contribution in [3.8, 4) is 11.5 Å². The molecule has 114 valence electrons. The van der Waals surface area contributed by atoms with E-state index >= 15 is 0 Å². The van der Waals surface area contributed by atoms with Gasteiger partial charge >= 0.3 is 0 Å². The van der Waals surface area contributed by atoms with Crippen molar-refractivity contribution in [1.29, 1.82) is 0 Å². The highest BCUT2D eigenvalue weighted by molar-refractivity contribution is 9.10. The smallest absolute Gasteiger partial charge is 0.133 e. The molecule has 20 heavy (non-hydrogen) atoms. The Kier molecular flexibility index (Phi) is 7.75. The number of ether oxygens (including phenoxy) is 2. The van der Waals surface area contributed by atoms with E-state index in [1.54, 1.807) is 14.2 Å². The van der Waals surface area contributed by atoms with Gasteiger partial charge in [0.15, 0.2) is 0 Å². The Morgan fingerprint density at radius 1 is 1.05 bits per heavy atom. The van der Waals surface area contributed by atoms with Gasteiger partial charge in [-0.3, -0.25) is 0 Å². The van der Waals surface area contributed by atoms with E-state index in [2.05, 4.69) is 29.8 Å². The van der Waals surface area contributed by atoms with Crippen molar-refractivity contribution in [1.82, 2.24) is 0 Å². The third-order valence-electron chi connectivity index (χ3n) is 3.53. The normalized spacial score (nSPS) is 12.6. The molecular formula is C16H24BrClO2. The van der Waals surface area contributed by atoms with Gasteiger partial charge in [-0.2, -0.15) is 0 Å². The molecule has 0 N–H and O–H groups in total. The molecular weight excluding hydrogens is 340 g/mol. The van der Waals surface area contributed by atoms with Gasteiger partial charge in [0.05, 0.1) is 24.1 Å². The monoisotopic (exact) mass is 362 g/mol. The van der Waals surface area contributed by atoms with Crippen molar-refractivity contribution < 1.29 is 9.47 Å². The van der Waals surface area contributed by atoms with E-state index in [0.29, 0.717) is 5.92 Å². The van der Waals surface area contributed by atoms with Crippen LogP contribution in [0.3, 0.4) is 0 Å². The molecule has 0 aliphatic rings. The first kappa shape index (κ1) is 17.6. The Labute approximate surface area is 135 Å². The summed E-state index contributed by atoms with van der Waals surface area (Å²) >= 11 is 10.2. The van der Waals surface area contributed by atoms with Crippen LogP contribution < -0.4 is 9.47 Å². The highest BCUT2D eigenvalue weighted by Gasteiger charge is 2.24. The largest absolute Gasteiger partial charge is 0.496 e. The van der Waals surface area contributed by atoms with Crippen molar-refractivity contribution in [2.45, 2.75) is 44.9 Å². The molecule has 4 heteroatoms. The van der Waals surface area contributed by atoms with Crippen LogP contribution >= 0.6 is 27.5 Å². The molecule has 1 aromatic rings. The summed E-state index contributed by atoms with van der Waals surface area (Å²) in [5.41, 5.74) is 1.01. The van der Waals surface area contributed by atoms with E-state index in [-0.39, 0.29) is 5.38 Å². The molecule has 0 aliphatic carbocycles. The van der Waals surface area contributed by atoms with Crippen LogP contribution in [0.25, 0.3) is 0 Å². The molecule has 1 unspecified atom stereocenters. The molecule has 0 saturated carbocycles. The van der Waals surface area contributed by atoms with Gasteiger partial charge < -0.3 is 9.47 Å². The third kappa shape index (κ3) is 4.29. The second-order valence-electron chi connectivity index (χ2n) is 4.97. The Morgan fingerprint density at radius 3 is 2.05 bits per heavy atom. The molecule has 0 amide bonds. The summed E-state index contributed by atoms with van der Waals surface area (Å²) in [6.45, 7) is 4.40. The minimum Gasteiger partial charge on any atom is -0.496 e. The standard InChI is InChI=1S/C16H24BrClO2/c1-5-7-11(8-6-2)16(18)12-9-15(20-4)13(17)10-14(12)19-3/h9-11,16H,5-8H2,1-4H3. The Morgan fingerprint density at radius 2 is 1.60 bits per heavy atom. The van der Waals surface area contributed by atoms with Crippen molar-refractivity contribution in [3.63, 3.8) is 0 Å². The fourth-order valence-corrected chi connectivity index (χ4v) is 3.44. The summed E-state index contributed by atoms with van der Waals surface area (Å²) < 4.78 is 11.7. The van der Waals surface area contributed by atoms with Crippen LogP contribution in [-0.2, 0) is 0 Å². The fraction of sp³-hybridized carbons (Fsp3) is 0.625. The van der Waals surface area contributed by atoms with E-state index in [1.165, 1.54) is 0 Å². The van der Waals surface area contributed by atoms with Gasteiger partial charge in [-0.15, -0.1) is 11.6 Å². The van der Waals surface area contributed by atoms with E-state index in [4.69, 9.17) is 21.1 Å². The van der Waals surface area contributed by atoms with Gasteiger partial charge in [0, 0.05) is 5.56 Å². The number of alkyl halides is 1. The van der Waals surface area contributed by atoms with Crippen molar-refractivity contribution >= 4 is 27.5 Å². The van der Waals surface area contributed by atoms with Crippen LogP contribution in [0.4, 0.5) is 0 Å². The second kappa shape index (κ2) is 8.78. The quantitative estimate of drug-likeness (QED) is 0.530. The van der Waals surface area contributed by atoms with Crippen LogP contribution in [0.1, 0.15) is 50.5 Å². The maximum Gasteiger partial charge on any atom is 0.133 e. The van der Waals surface area contributed by atoms with E-state index < -0.39 is 0 Å². The lowest BCUT2D eigenvalue weighted by molar-refractivity contribution is 0.380. The molecule has 0 aromatic heterocycles. The fourth-order valence-electron chi connectivity index (χ4n) is 2.53. The van der Waals surface area contributed by atoms with Gasteiger partial charge in [-0.25, -0.2) is 0 Å². The Bertz CT molecular complexity index is 417. The highest BCUT2D eigenvalue weighted by Crippen LogP contribution is 2.43. The number of hydrogen-bond donors (Lipinski definition) is 0. The van der Waals surface area contributed by atoms with E-state index in [0.717, 1.165) is 47.2 Å². The Balaban J connectivity index is 3.13. The molecule has 0 spiro atoms. The average Bonchev–Trinajstić information content (AvgIpc) is 2.46. The zero-order valence-electron chi connectivity index (χ0n) is 12.7. The molecule has 0 heterocycles. The zero-order chi connectivity index (χ0) is 15.1. The molecule has 0 saturated heterocycles. The Hall–Kier alpha value is -0.410. The van der Waals surface area contributed by atoms with Crippen LogP contribution in [0.15, 0.2) is 16.6 Å². The molecule has 1 aromatic carbocycles. The van der Waals surface area contributed by atoms with Gasteiger partial charge in [0.25, 0.3) is 0 Å². The second-order valence-corrected chi connectivity index (χ2v) is 6.29. The molecule has 0 aliphatic heterocycles. The predicted molar refractivity (Wildman–Crippen MR) is 89.1 cm³/mol.